The Bertz CT molecular complexity index is 968. The molecule has 0 radical (unpaired) electrons. The molecule has 2 heterocycles. The van der Waals surface area contributed by atoms with Gasteiger partial charge in [-0.25, -0.2) is 4.98 Å². The molecule has 0 aliphatic carbocycles. The van der Waals surface area contributed by atoms with Gasteiger partial charge in [0, 0.05) is 23.7 Å². The number of carbonyl (C=O) groups excluding carboxylic acids is 2. The van der Waals surface area contributed by atoms with Crippen molar-refractivity contribution in [2.24, 2.45) is 0 Å². The molecule has 3 aromatic rings. The standard InChI is InChI=1S/C18H19N5O3S2/c1-10(17(25)21-14-6-4-13(5-7-14)19-11(2)24)28-18-23-22-16(26-18)8-15-9-27-12(3)20-15/h4-7,9-10H,8H2,1-3H3,(H,19,24)(H,21,25)/t10-/m1/s1. The number of carbonyl (C=O) groups is 2. The minimum Gasteiger partial charge on any atom is -0.416 e. The Labute approximate surface area is 170 Å². The zero-order chi connectivity index (χ0) is 20.1. The Morgan fingerprint density at radius 2 is 1.86 bits per heavy atom. The van der Waals surface area contributed by atoms with Crippen LogP contribution in [-0.4, -0.2) is 32.2 Å². The van der Waals surface area contributed by atoms with E-state index < -0.39 is 5.25 Å². The van der Waals surface area contributed by atoms with E-state index in [1.807, 2.05) is 12.3 Å². The number of thioether (sulfide) groups is 1. The normalized spacial score (nSPS) is 11.8. The van der Waals surface area contributed by atoms with Crippen LogP contribution in [0, 0.1) is 6.92 Å². The fourth-order valence-corrected chi connectivity index (χ4v) is 3.60. The van der Waals surface area contributed by atoms with Crippen molar-refractivity contribution in [3.05, 3.63) is 46.2 Å². The molecule has 8 nitrogen and oxygen atoms in total. The van der Waals surface area contributed by atoms with Gasteiger partial charge < -0.3 is 15.1 Å². The fourth-order valence-electron chi connectivity index (χ4n) is 2.29. The number of benzene rings is 1. The van der Waals surface area contributed by atoms with Gasteiger partial charge in [0.15, 0.2) is 0 Å². The van der Waals surface area contributed by atoms with Crippen molar-refractivity contribution < 1.29 is 14.0 Å². The predicted molar refractivity (Wildman–Crippen MR) is 109 cm³/mol. The number of aryl methyl sites for hydroxylation is 1. The Morgan fingerprint density at radius 1 is 1.18 bits per heavy atom. The molecule has 0 aliphatic rings. The van der Waals surface area contributed by atoms with E-state index in [9.17, 15) is 9.59 Å². The zero-order valence-corrected chi connectivity index (χ0v) is 17.2. The van der Waals surface area contributed by atoms with Crippen molar-refractivity contribution in [1.29, 1.82) is 0 Å². The van der Waals surface area contributed by atoms with Crippen molar-refractivity contribution in [1.82, 2.24) is 15.2 Å². The lowest BCUT2D eigenvalue weighted by Crippen LogP contribution is -2.22. The maximum absolute atomic E-state index is 12.4. The second-order valence-corrected chi connectivity index (χ2v) is 8.36. The molecule has 2 aromatic heterocycles. The van der Waals surface area contributed by atoms with E-state index >= 15 is 0 Å². The van der Waals surface area contributed by atoms with Gasteiger partial charge in [0.2, 0.25) is 17.7 Å². The molecule has 0 saturated carbocycles. The highest BCUT2D eigenvalue weighted by Crippen LogP contribution is 2.24. The van der Waals surface area contributed by atoms with Crippen LogP contribution in [0.25, 0.3) is 0 Å². The van der Waals surface area contributed by atoms with Gasteiger partial charge in [-0.15, -0.1) is 21.5 Å². The molecule has 2 amide bonds. The van der Waals surface area contributed by atoms with Crippen LogP contribution < -0.4 is 10.6 Å². The SMILES string of the molecule is CC(=O)Nc1ccc(NC(=O)[C@@H](C)Sc2nnc(Cc3csc(C)n3)o2)cc1. The molecule has 146 valence electrons. The number of nitrogens with zero attached hydrogens (tertiary/aromatic N) is 3. The van der Waals surface area contributed by atoms with Gasteiger partial charge in [0.05, 0.1) is 22.4 Å². The molecule has 1 aromatic carbocycles. The van der Waals surface area contributed by atoms with Crippen LogP contribution in [0.1, 0.15) is 30.4 Å². The third-order valence-corrected chi connectivity index (χ3v) is 5.32. The molecule has 0 saturated heterocycles. The van der Waals surface area contributed by atoms with Crippen LogP contribution in [0.4, 0.5) is 11.4 Å². The number of anilines is 2. The number of nitrogens with one attached hydrogen (secondary N) is 2. The van der Waals surface area contributed by atoms with Gasteiger partial charge in [-0.1, -0.05) is 11.8 Å². The quantitative estimate of drug-likeness (QED) is 0.566. The first kappa shape index (κ1) is 20.0. The molecule has 0 fully saturated rings. The van der Waals surface area contributed by atoms with Crippen molar-refractivity contribution in [3.63, 3.8) is 0 Å². The van der Waals surface area contributed by atoms with E-state index in [1.165, 1.54) is 18.7 Å². The lowest BCUT2D eigenvalue weighted by molar-refractivity contribution is -0.115. The van der Waals surface area contributed by atoms with Crippen LogP contribution in [0.2, 0.25) is 0 Å². The summed E-state index contributed by atoms with van der Waals surface area (Å²) in [5.74, 6) is 0.131. The van der Waals surface area contributed by atoms with Gasteiger partial charge in [-0.2, -0.15) is 0 Å². The summed E-state index contributed by atoms with van der Waals surface area (Å²) in [7, 11) is 0. The largest absolute Gasteiger partial charge is 0.416 e. The van der Waals surface area contributed by atoms with Gasteiger partial charge in [-0.3, -0.25) is 9.59 Å². The lowest BCUT2D eigenvalue weighted by atomic mass is 10.2. The summed E-state index contributed by atoms with van der Waals surface area (Å²) in [6.45, 7) is 5.14. The van der Waals surface area contributed by atoms with Crippen LogP contribution in [0.15, 0.2) is 39.3 Å². The van der Waals surface area contributed by atoms with E-state index in [0.29, 0.717) is 28.9 Å². The predicted octanol–water partition coefficient (Wildman–Crippen LogP) is 3.50. The molecule has 28 heavy (non-hydrogen) atoms. The molecule has 0 spiro atoms. The Kier molecular flexibility index (Phi) is 6.42. The summed E-state index contributed by atoms with van der Waals surface area (Å²) in [6, 6.07) is 6.89. The molecule has 0 unspecified atom stereocenters. The molecular formula is C18H19N5O3S2. The molecular weight excluding hydrogens is 398 g/mol. The lowest BCUT2D eigenvalue weighted by Gasteiger charge is -2.10. The monoisotopic (exact) mass is 417 g/mol. The van der Waals surface area contributed by atoms with Crippen molar-refractivity contribution >= 4 is 46.3 Å². The van der Waals surface area contributed by atoms with Crippen LogP contribution in [0.5, 0.6) is 0 Å². The Hall–Kier alpha value is -2.72. The van der Waals surface area contributed by atoms with Crippen LogP contribution in [0.3, 0.4) is 0 Å². The highest BCUT2D eigenvalue weighted by atomic mass is 32.2. The second-order valence-electron chi connectivity index (χ2n) is 6.00. The first-order chi connectivity index (χ1) is 13.4. The second kappa shape index (κ2) is 8.98. The van der Waals surface area contributed by atoms with Crippen molar-refractivity contribution in [2.75, 3.05) is 10.6 Å². The Balaban J connectivity index is 1.53. The third-order valence-electron chi connectivity index (χ3n) is 3.57. The van der Waals surface area contributed by atoms with Gasteiger partial charge >= 0.3 is 0 Å². The average molecular weight is 418 g/mol. The number of rotatable bonds is 7. The van der Waals surface area contributed by atoms with Crippen LogP contribution in [-0.2, 0) is 16.0 Å². The summed E-state index contributed by atoms with van der Waals surface area (Å²) in [5.41, 5.74) is 2.19. The number of hydrogen-bond donors (Lipinski definition) is 2. The summed E-state index contributed by atoms with van der Waals surface area (Å²) in [5, 5.41) is 16.4. The maximum Gasteiger partial charge on any atom is 0.277 e. The molecule has 0 bridgehead atoms. The number of aromatic nitrogens is 3. The minimum absolute atomic E-state index is 0.148. The smallest absolute Gasteiger partial charge is 0.277 e. The maximum atomic E-state index is 12.4. The molecule has 10 heteroatoms. The summed E-state index contributed by atoms with van der Waals surface area (Å²) < 4.78 is 5.61. The van der Waals surface area contributed by atoms with E-state index in [1.54, 1.807) is 42.5 Å². The summed E-state index contributed by atoms with van der Waals surface area (Å²) in [4.78, 5) is 27.8. The van der Waals surface area contributed by atoms with Gasteiger partial charge in [-0.05, 0) is 38.1 Å². The molecule has 3 rings (SSSR count). The highest BCUT2D eigenvalue weighted by Gasteiger charge is 2.19. The number of thiazole rings is 1. The highest BCUT2D eigenvalue weighted by molar-refractivity contribution is 8.00. The average Bonchev–Trinajstić information content (AvgIpc) is 3.25. The first-order valence-electron chi connectivity index (χ1n) is 8.47. The fraction of sp³-hybridized carbons (Fsp3) is 0.278. The number of amides is 2. The zero-order valence-electron chi connectivity index (χ0n) is 15.6. The van der Waals surface area contributed by atoms with E-state index in [0.717, 1.165) is 10.7 Å². The van der Waals surface area contributed by atoms with E-state index in [2.05, 4.69) is 25.8 Å². The topological polar surface area (TPSA) is 110 Å². The van der Waals surface area contributed by atoms with Crippen molar-refractivity contribution in [3.8, 4) is 0 Å². The molecule has 1 atom stereocenters. The molecule has 2 N–H and O–H groups in total. The number of hydrogen-bond acceptors (Lipinski definition) is 8. The third kappa shape index (κ3) is 5.64. The van der Waals surface area contributed by atoms with E-state index in [-0.39, 0.29) is 11.8 Å². The van der Waals surface area contributed by atoms with Gasteiger partial charge in [0.25, 0.3) is 5.22 Å². The summed E-state index contributed by atoms with van der Waals surface area (Å²) in [6.07, 6.45) is 0.471. The molecule has 0 aliphatic heterocycles. The Morgan fingerprint density at radius 3 is 2.46 bits per heavy atom. The first-order valence-corrected chi connectivity index (χ1v) is 10.2. The van der Waals surface area contributed by atoms with E-state index in [4.69, 9.17) is 4.42 Å². The van der Waals surface area contributed by atoms with Gasteiger partial charge in [0.1, 0.15) is 0 Å². The minimum atomic E-state index is -0.426. The van der Waals surface area contributed by atoms with Crippen LogP contribution >= 0.6 is 23.1 Å². The van der Waals surface area contributed by atoms with Crippen molar-refractivity contribution in [2.45, 2.75) is 37.7 Å². The summed E-state index contributed by atoms with van der Waals surface area (Å²) >= 11 is 2.76.